The first-order chi connectivity index (χ1) is 17.1. The molecule has 35 heavy (non-hydrogen) atoms. The predicted octanol–water partition coefficient (Wildman–Crippen LogP) is 4.21. The van der Waals surface area contributed by atoms with E-state index in [9.17, 15) is 4.39 Å². The minimum Gasteiger partial charge on any atom is -0.397 e. The van der Waals surface area contributed by atoms with E-state index in [1.165, 1.54) is 6.07 Å². The fourth-order valence-electron chi connectivity index (χ4n) is 5.36. The summed E-state index contributed by atoms with van der Waals surface area (Å²) in [4.78, 5) is 11.5. The summed E-state index contributed by atoms with van der Waals surface area (Å²) in [7, 11) is 2.15. The van der Waals surface area contributed by atoms with Crippen LogP contribution in [0.4, 0.5) is 21.6 Å². The minimum absolute atomic E-state index is 0.112. The number of rotatable bonds is 4. The van der Waals surface area contributed by atoms with Crippen LogP contribution in [-0.2, 0) is 0 Å². The van der Waals surface area contributed by atoms with E-state index >= 15 is 0 Å². The lowest BCUT2D eigenvalue weighted by molar-refractivity contribution is 0.313. The molecule has 2 fully saturated rings. The summed E-state index contributed by atoms with van der Waals surface area (Å²) in [6, 6.07) is 17.3. The van der Waals surface area contributed by atoms with Crippen molar-refractivity contribution < 1.29 is 4.39 Å². The Morgan fingerprint density at radius 2 is 1.83 bits per heavy atom. The Morgan fingerprint density at radius 3 is 2.63 bits per heavy atom. The van der Waals surface area contributed by atoms with Crippen LogP contribution in [0, 0.1) is 5.82 Å². The molecule has 2 aliphatic rings. The van der Waals surface area contributed by atoms with E-state index in [1.54, 1.807) is 12.1 Å². The average molecular weight is 472 g/mol. The van der Waals surface area contributed by atoms with Gasteiger partial charge in [0.2, 0.25) is 0 Å². The lowest BCUT2D eigenvalue weighted by Gasteiger charge is -2.34. The third-order valence-corrected chi connectivity index (χ3v) is 7.30. The molecule has 0 amide bonds. The Bertz CT molecular complexity index is 1360. The van der Waals surface area contributed by atoms with E-state index in [0.717, 1.165) is 85.2 Å². The summed E-state index contributed by atoms with van der Waals surface area (Å²) < 4.78 is 15.8. The number of benzene rings is 2. The Balaban J connectivity index is 1.32. The van der Waals surface area contributed by atoms with E-state index in [4.69, 9.17) is 10.8 Å². The van der Waals surface area contributed by atoms with E-state index in [-0.39, 0.29) is 11.9 Å². The van der Waals surface area contributed by atoms with Crippen molar-refractivity contribution in [2.75, 3.05) is 55.3 Å². The molecule has 0 bridgehead atoms. The van der Waals surface area contributed by atoms with Crippen molar-refractivity contribution in [3.8, 4) is 11.3 Å². The number of nitrogens with zero attached hydrogens (tertiary/aromatic N) is 6. The Kier molecular flexibility index (Phi) is 5.53. The zero-order chi connectivity index (χ0) is 23.9. The van der Waals surface area contributed by atoms with Gasteiger partial charge in [0.25, 0.3) is 0 Å². The molecule has 2 aromatic heterocycles. The molecule has 7 nitrogen and oxygen atoms in total. The summed E-state index contributed by atoms with van der Waals surface area (Å²) in [5, 5.41) is 4.97. The molecular weight excluding hydrogens is 441 g/mol. The van der Waals surface area contributed by atoms with Gasteiger partial charge in [0.15, 0.2) is 5.65 Å². The number of likely N-dealkylation sites (N-methyl/N-ethyl adjacent to an activating group) is 1. The van der Waals surface area contributed by atoms with Crippen molar-refractivity contribution in [2.45, 2.75) is 18.9 Å². The van der Waals surface area contributed by atoms with Crippen LogP contribution in [0.25, 0.3) is 16.9 Å². The lowest BCUT2D eigenvalue weighted by atomic mass is 10.0. The molecule has 4 heterocycles. The van der Waals surface area contributed by atoms with Crippen molar-refractivity contribution >= 4 is 22.8 Å². The second-order valence-electron chi connectivity index (χ2n) is 9.58. The van der Waals surface area contributed by atoms with E-state index in [0.29, 0.717) is 0 Å². The van der Waals surface area contributed by atoms with Crippen molar-refractivity contribution in [1.29, 1.82) is 0 Å². The lowest BCUT2D eigenvalue weighted by Crippen LogP contribution is -2.44. The van der Waals surface area contributed by atoms with Crippen LogP contribution >= 0.6 is 0 Å². The number of aromatic nitrogens is 3. The van der Waals surface area contributed by atoms with Crippen LogP contribution in [0.2, 0.25) is 0 Å². The second kappa shape index (κ2) is 8.85. The quantitative estimate of drug-likeness (QED) is 0.450. The SMILES string of the molecule is CN1CCN(c2ccc(-c3cnc4ccc(N5CCCC5c5cccc(F)c5)nn34)cc2N)CC1. The first kappa shape index (κ1) is 21.9. The molecule has 6 rings (SSSR count). The molecule has 4 aromatic rings. The van der Waals surface area contributed by atoms with Crippen LogP contribution in [0.5, 0.6) is 0 Å². The highest BCUT2D eigenvalue weighted by Crippen LogP contribution is 2.36. The number of piperazine rings is 1. The first-order valence-electron chi connectivity index (χ1n) is 12.3. The summed E-state index contributed by atoms with van der Waals surface area (Å²) in [5.41, 5.74) is 12.0. The Morgan fingerprint density at radius 1 is 0.971 bits per heavy atom. The molecule has 2 aromatic carbocycles. The first-order valence-corrected chi connectivity index (χ1v) is 12.3. The maximum Gasteiger partial charge on any atom is 0.154 e. The van der Waals surface area contributed by atoms with Gasteiger partial charge in [0.05, 0.1) is 29.3 Å². The maximum absolute atomic E-state index is 13.9. The zero-order valence-corrected chi connectivity index (χ0v) is 19.9. The highest BCUT2D eigenvalue weighted by Gasteiger charge is 2.28. The molecule has 180 valence electrons. The van der Waals surface area contributed by atoms with Gasteiger partial charge in [-0.2, -0.15) is 0 Å². The molecule has 2 aliphatic heterocycles. The van der Waals surface area contributed by atoms with Crippen LogP contribution in [0.3, 0.4) is 0 Å². The van der Waals surface area contributed by atoms with E-state index in [2.05, 4.69) is 38.9 Å². The zero-order valence-electron chi connectivity index (χ0n) is 19.9. The predicted molar refractivity (Wildman–Crippen MR) is 138 cm³/mol. The summed E-state index contributed by atoms with van der Waals surface area (Å²) in [6.07, 6.45) is 3.87. The van der Waals surface area contributed by atoms with Crippen LogP contribution in [0.15, 0.2) is 60.8 Å². The average Bonchev–Trinajstić information content (AvgIpc) is 3.52. The van der Waals surface area contributed by atoms with Gasteiger partial charge in [-0.15, -0.1) is 5.10 Å². The summed E-state index contributed by atoms with van der Waals surface area (Å²) in [5.74, 6) is 0.665. The number of hydrogen-bond donors (Lipinski definition) is 1. The normalized spacial score (nSPS) is 19.1. The topological polar surface area (TPSA) is 65.9 Å². The highest BCUT2D eigenvalue weighted by atomic mass is 19.1. The molecule has 2 N–H and O–H groups in total. The van der Waals surface area contributed by atoms with Gasteiger partial charge >= 0.3 is 0 Å². The molecule has 8 heteroatoms. The van der Waals surface area contributed by atoms with Crippen LogP contribution in [0.1, 0.15) is 24.4 Å². The van der Waals surface area contributed by atoms with Crippen molar-refractivity contribution in [3.63, 3.8) is 0 Å². The molecule has 1 atom stereocenters. The number of nitrogen functional groups attached to an aromatic ring is 1. The smallest absolute Gasteiger partial charge is 0.154 e. The molecule has 0 radical (unpaired) electrons. The molecular formula is C27H30FN7. The van der Waals surface area contributed by atoms with Gasteiger partial charge in [-0.1, -0.05) is 18.2 Å². The summed E-state index contributed by atoms with van der Waals surface area (Å²) in [6.45, 7) is 4.91. The standard InChI is InChI=1S/C27H30FN7/c1-32-12-14-33(15-13-32)24-8-7-20(17-22(24)29)25-18-30-26-9-10-27(31-35(25)26)34-11-3-6-23(34)19-4-2-5-21(28)16-19/h2,4-5,7-10,16-18,23H,3,6,11-15,29H2,1H3. The Labute approximate surface area is 204 Å². The van der Waals surface area contributed by atoms with E-state index < -0.39 is 0 Å². The van der Waals surface area contributed by atoms with Gasteiger partial charge < -0.3 is 20.4 Å². The monoisotopic (exact) mass is 471 g/mol. The summed E-state index contributed by atoms with van der Waals surface area (Å²) >= 11 is 0. The Hall–Kier alpha value is -3.65. The van der Waals surface area contributed by atoms with Gasteiger partial charge in [0, 0.05) is 38.3 Å². The fraction of sp³-hybridized carbons (Fsp3) is 0.333. The van der Waals surface area contributed by atoms with Crippen LogP contribution < -0.4 is 15.5 Å². The molecule has 0 saturated carbocycles. The maximum atomic E-state index is 13.9. The molecule has 1 unspecified atom stereocenters. The number of nitrogens with two attached hydrogens (primary N) is 1. The van der Waals surface area contributed by atoms with Crippen molar-refractivity contribution in [3.05, 3.63) is 72.2 Å². The number of fused-ring (bicyclic) bond motifs is 1. The number of halogens is 1. The number of hydrogen-bond acceptors (Lipinski definition) is 6. The second-order valence-corrected chi connectivity index (χ2v) is 9.58. The van der Waals surface area contributed by atoms with Crippen molar-refractivity contribution in [2.24, 2.45) is 0 Å². The molecule has 2 saturated heterocycles. The van der Waals surface area contributed by atoms with E-state index in [1.807, 2.05) is 35.0 Å². The van der Waals surface area contributed by atoms with Gasteiger partial charge in [-0.3, -0.25) is 0 Å². The van der Waals surface area contributed by atoms with Gasteiger partial charge in [0.1, 0.15) is 11.6 Å². The van der Waals surface area contributed by atoms with Crippen molar-refractivity contribution in [1.82, 2.24) is 19.5 Å². The third-order valence-electron chi connectivity index (χ3n) is 7.30. The molecule has 0 aliphatic carbocycles. The highest BCUT2D eigenvalue weighted by molar-refractivity contribution is 5.76. The largest absolute Gasteiger partial charge is 0.397 e. The fourth-order valence-corrected chi connectivity index (χ4v) is 5.36. The van der Waals surface area contributed by atoms with Gasteiger partial charge in [-0.25, -0.2) is 13.9 Å². The number of anilines is 3. The third kappa shape index (κ3) is 4.08. The number of imidazole rings is 1. The molecule has 0 spiro atoms. The van der Waals surface area contributed by atoms with Crippen LogP contribution in [-0.4, -0.2) is 59.3 Å². The van der Waals surface area contributed by atoms with Gasteiger partial charge in [-0.05, 0) is 61.9 Å². The minimum atomic E-state index is -0.202.